The van der Waals surface area contributed by atoms with E-state index >= 15 is 0 Å². The molecule has 45 heavy (non-hydrogen) atoms. The van der Waals surface area contributed by atoms with Crippen molar-refractivity contribution in [1.29, 1.82) is 0 Å². The SMILES string of the molecule is C=CCCC.CC.CNN(C=O)c1ccccc1C(c1ccccc1)N(C)[C@H](C)C(=O)OC.c1ccc(CN2CCCC2)cc1. The van der Waals surface area contributed by atoms with E-state index in [-0.39, 0.29) is 12.0 Å². The third-order valence-electron chi connectivity index (χ3n) is 7.45. The molecule has 0 spiro atoms. The number of allylic oxidation sites excluding steroid dienone is 1. The lowest BCUT2D eigenvalue weighted by molar-refractivity contribution is -0.146. The Bertz CT molecular complexity index is 1200. The van der Waals surface area contributed by atoms with Crippen molar-refractivity contribution in [2.75, 3.05) is 39.3 Å². The highest BCUT2D eigenvalue weighted by molar-refractivity contribution is 5.77. The molecule has 1 unspecified atom stereocenters. The van der Waals surface area contributed by atoms with Gasteiger partial charge in [0.1, 0.15) is 6.04 Å². The van der Waals surface area contributed by atoms with Crippen LogP contribution in [0.3, 0.4) is 0 Å². The second kappa shape index (κ2) is 23.6. The van der Waals surface area contributed by atoms with Crippen LogP contribution in [0.5, 0.6) is 0 Å². The molecular weight excluding hydrogens is 560 g/mol. The predicted molar refractivity (Wildman–Crippen MR) is 189 cm³/mol. The largest absolute Gasteiger partial charge is 0.468 e. The molecule has 246 valence electrons. The van der Waals surface area contributed by atoms with E-state index in [9.17, 15) is 9.59 Å². The molecule has 0 aliphatic carbocycles. The van der Waals surface area contributed by atoms with Gasteiger partial charge >= 0.3 is 5.97 Å². The highest BCUT2D eigenvalue weighted by Crippen LogP contribution is 2.35. The Labute approximate surface area is 272 Å². The number of hydrazine groups is 1. The number of benzene rings is 3. The Balaban J connectivity index is 0.000000436. The van der Waals surface area contributed by atoms with Gasteiger partial charge in [-0.15, -0.1) is 6.58 Å². The number of para-hydroxylation sites is 1. The van der Waals surface area contributed by atoms with E-state index in [1.165, 1.54) is 50.0 Å². The molecule has 2 atom stereocenters. The summed E-state index contributed by atoms with van der Waals surface area (Å²) in [5.74, 6) is -0.313. The summed E-state index contributed by atoms with van der Waals surface area (Å²) in [5, 5.41) is 1.42. The van der Waals surface area contributed by atoms with Crippen molar-refractivity contribution in [3.05, 3.63) is 114 Å². The molecule has 0 saturated carbocycles. The molecule has 4 rings (SSSR count). The molecule has 1 aliphatic rings. The van der Waals surface area contributed by atoms with Crippen molar-refractivity contribution in [1.82, 2.24) is 15.2 Å². The number of anilines is 1. The first-order valence-electron chi connectivity index (χ1n) is 16.1. The van der Waals surface area contributed by atoms with Crippen molar-refractivity contribution in [2.45, 2.75) is 72.0 Å². The van der Waals surface area contributed by atoms with Gasteiger partial charge in [-0.2, -0.15) is 0 Å². The summed E-state index contributed by atoms with van der Waals surface area (Å²) in [7, 11) is 4.94. The second-order valence-corrected chi connectivity index (χ2v) is 10.5. The van der Waals surface area contributed by atoms with Crippen LogP contribution in [0.25, 0.3) is 0 Å². The van der Waals surface area contributed by atoms with Crippen LogP contribution in [0.1, 0.15) is 76.1 Å². The van der Waals surface area contributed by atoms with Gasteiger partial charge in [0, 0.05) is 13.6 Å². The number of carbonyl (C=O) groups is 2. The quantitative estimate of drug-likeness (QED) is 0.0976. The number of carbonyl (C=O) groups excluding carboxylic acids is 2. The molecule has 7 heteroatoms. The number of nitrogens with one attached hydrogen (secondary N) is 1. The van der Waals surface area contributed by atoms with Crippen LogP contribution < -0.4 is 10.4 Å². The lowest BCUT2D eigenvalue weighted by atomic mass is 9.94. The fourth-order valence-electron chi connectivity index (χ4n) is 4.98. The number of rotatable bonds is 12. The first-order chi connectivity index (χ1) is 21.9. The summed E-state index contributed by atoms with van der Waals surface area (Å²) in [6, 6.07) is 27.5. The lowest BCUT2D eigenvalue weighted by Crippen LogP contribution is -2.41. The molecule has 0 radical (unpaired) electrons. The number of ether oxygens (including phenoxy) is 1. The van der Waals surface area contributed by atoms with Crippen molar-refractivity contribution >= 4 is 18.1 Å². The fraction of sp³-hybridized carbons (Fsp3) is 0.421. The van der Waals surface area contributed by atoms with E-state index < -0.39 is 6.04 Å². The number of likely N-dealkylation sites (N-methyl/N-ethyl adjacent to an activating group) is 1. The predicted octanol–water partition coefficient (Wildman–Crippen LogP) is 7.65. The average Bonchev–Trinajstić information content (AvgIpc) is 3.61. The van der Waals surface area contributed by atoms with Crippen LogP contribution in [0.15, 0.2) is 97.6 Å². The summed E-state index contributed by atoms with van der Waals surface area (Å²) < 4.78 is 4.92. The van der Waals surface area contributed by atoms with E-state index in [1.54, 1.807) is 14.0 Å². The van der Waals surface area contributed by atoms with Gasteiger partial charge in [0.25, 0.3) is 0 Å². The third-order valence-corrected chi connectivity index (χ3v) is 7.45. The molecule has 7 nitrogen and oxygen atoms in total. The number of amides is 1. The monoisotopic (exact) mass is 616 g/mol. The molecule has 0 aromatic heterocycles. The van der Waals surface area contributed by atoms with Crippen LogP contribution in [0.4, 0.5) is 5.69 Å². The number of nitrogens with zero attached hydrogens (tertiary/aromatic N) is 3. The zero-order chi connectivity index (χ0) is 33.5. The Hall–Kier alpha value is -3.78. The molecule has 1 heterocycles. The molecule has 3 aromatic carbocycles. The number of likely N-dealkylation sites (tertiary alicyclic amines) is 1. The van der Waals surface area contributed by atoms with Crippen LogP contribution in [-0.2, 0) is 20.9 Å². The Morgan fingerprint density at radius 1 is 0.978 bits per heavy atom. The van der Waals surface area contributed by atoms with Gasteiger partial charge in [0.15, 0.2) is 0 Å². The first kappa shape index (κ1) is 39.2. The Morgan fingerprint density at radius 3 is 2.02 bits per heavy atom. The molecular formula is C38H56N4O3. The fourth-order valence-corrected chi connectivity index (χ4v) is 4.98. The third kappa shape index (κ3) is 13.4. The van der Waals surface area contributed by atoms with E-state index in [4.69, 9.17) is 4.74 Å². The van der Waals surface area contributed by atoms with Crippen molar-refractivity contribution < 1.29 is 14.3 Å². The molecule has 3 aromatic rings. The number of esters is 1. The van der Waals surface area contributed by atoms with Crippen LogP contribution >= 0.6 is 0 Å². The average molecular weight is 617 g/mol. The maximum atomic E-state index is 12.1. The topological polar surface area (TPSA) is 65.1 Å². The van der Waals surface area contributed by atoms with E-state index in [0.717, 1.165) is 36.2 Å². The van der Waals surface area contributed by atoms with Gasteiger partial charge < -0.3 is 4.74 Å². The van der Waals surface area contributed by atoms with Crippen LogP contribution in [0.2, 0.25) is 0 Å². The van der Waals surface area contributed by atoms with Gasteiger partial charge in [0.05, 0.1) is 18.8 Å². The van der Waals surface area contributed by atoms with Gasteiger partial charge in [-0.3, -0.25) is 19.4 Å². The summed E-state index contributed by atoms with van der Waals surface area (Å²) in [4.78, 5) is 28.1. The number of hydrogen-bond donors (Lipinski definition) is 1. The van der Waals surface area contributed by atoms with Crippen molar-refractivity contribution in [3.8, 4) is 0 Å². The van der Waals surface area contributed by atoms with Gasteiger partial charge in [-0.1, -0.05) is 112 Å². The maximum absolute atomic E-state index is 12.1. The molecule has 1 amide bonds. The summed E-state index contributed by atoms with van der Waals surface area (Å²) in [5.41, 5.74) is 6.96. The standard InChI is InChI=1S/C20H25N3O3.C11H15N.C5H10.C2H6/c1-15(20(25)26-4)22(3)19(16-10-6-5-7-11-16)17-12-8-9-13-18(17)23(14-24)21-2;1-2-6-11(7-3-1)10-12-8-4-5-9-12;1-3-5-4-2;1-2/h5-15,19,21H,1-4H3;1-3,6-7H,4-5,8-10H2;3H,1,4-5H2,2H3;1-2H3/t15-,19?;;;/m1.../s1. The minimum Gasteiger partial charge on any atom is -0.468 e. The van der Waals surface area contributed by atoms with Crippen LogP contribution in [-0.4, -0.2) is 62.5 Å². The van der Waals surface area contributed by atoms with Gasteiger partial charge in [0.2, 0.25) is 6.41 Å². The van der Waals surface area contributed by atoms with Crippen molar-refractivity contribution in [2.24, 2.45) is 0 Å². The molecule has 0 bridgehead atoms. The molecule has 1 aliphatic heterocycles. The molecule has 1 N–H and O–H groups in total. The summed E-state index contributed by atoms with van der Waals surface area (Å²) >= 11 is 0. The zero-order valence-corrected chi connectivity index (χ0v) is 28.6. The lowest BCUT2D eigenvalue weighted by Gasteiger charge is -2.34. The highest BCUT2D eigenvalue weighted by Gasteiger charge is 2.30. The summed E-state index contributed by atoms with van der Waals surface area (Å²) in [6.07, 6.45) is 7.80. The van der Waals surface area contributed by atoms with Gasteiger partial charge in [-0.25, -0.2) is 10.4 Å². The molecule has 1 saturated heterocycles. The number of methoxy groups -OCH3 is 1. The normalized spacial score (nSPS) is 13.4. The van der Waals surface area contributed by atoms with E-state index in [0.29, 0.717) is 0 Å². The highest BCUT2D eigenvalue weighted by atomic mass is 16.5. The maximum Gasteiger partial charge on any atom is 0.322 e. The minimum atomic E-state index is -0.461. The second-order valence-electron chi connectivity index (χ2n) is 10.5. The minimum absolute atomic E-state index is 0.239. The molecule has 1 fully saturated rings. The Kier molecular flexibility index (Phi) is 20.6. The van der Waals surface area contributed by atoms with Crippen LogP contribution in [0, 0.1) is 0 Å². The summed E-state index contributed by atoms with van der Waals surface area (Å²) in [6.45, 7) is 15.2. The van der Waals surface area contributed by atoms with Crippen molar-refractivity contribution in [3.63, 3.8) is 0 Å². The number of unbranched alkanes of at least 4 members (excludes halogenated alkanes) is 1. The smallest absolute Gasteiger partial charge is 0.322 e. The first-order valence-corrected chi connectivity index (χ1v) is 16.1. The van der Waals surface area contributed by atoms with E-state index in [2.05, 4.69) is 54.2 Å². The van der Waals surface area contributed by atoms with Gasteiger partial charge in [-0.05, 0) is 69.1 Å². The zero-order valence-electron chi connectivity index (χ0n) is 28.6. The van der Waals surface area contributed by atoms with E-state index in [1.807, 2.05) is 86.5 Å². The Morgan fingerprint density at radius 2 is 1.53 bits per heavy atom. The number of hydrogen-bond acceptors (Lipinski definition) is 6.